The van der Waals surface area contributed by atoms with Crippen molar-refractivity contribution in [3.8, 4) is 0 Å². The summed E-state index contributed by atoms with van der Waals surface area (Å²) in [5.74, 6) is 0.350. The molecular formula is C16H24N2O4S2. The van der Waals surface area contributed by atoms with Gasteiger partial charge in [0.05, 0.1) is 9.79 Å². The molecule has 2 aliphatic rings. The van der Waals surface area contributed by atoms with E-state index in [-0.39, 0.29) is 9.79 Å². The maximum Gasteiger partial charge on any atom is 0.243 e. The zero-order valence-electron chi connectivity index (χ0n) is 13.9. The van der Waals surface area contributed by atoms with Crippen molar-refractivity contribution in [3.05, 3.63) is 24.3 Å². The number of benzene rings is 1. The highest BCUT2D eigenvalue weighted by atomic mass is 32.2. The molecule has 0 saturated carbocycles. The SMILES string of the molecule is C[C@H]1CCCN(S(=O)(=O)c2ccc(S(=O)(=O)N3CCCC3)cc2)C1. The van der Waals surface area contributed by atoms with Gasteiger partial charge in [-0.1, -0.05) is 6.92 Å². The third kappa shape index (κ3) is 3.37. The fourth-order valence-corrected chi connectivity index (χ4v) is 6.49. The minimum Gasteiger partial charge on any atom is -0.207 e. The minimum atomic E-state index is -3.55. The van der Waals surface area contributed by atoms with Gasteiger partial charge in [0.15, 0.2) is 0 Å². The van der Waals surface area contributed by atoms with Crippen LogP contribution in [0.15, 0.2) is 34.1 Å². The molecule has 24 heavy (non-hydrogen) atoms. The standard InChI is InChI=1S/C16H24N2O4S2/c1-14-5-4-12-18(13-14)24(21,22)16-8-6-15(7-9-16)23(19,20)17-10-2-3-11-17/h6-9,14H,2-5,10-13H2,1H3/t14-/m0/s1. The van der Waals surface area contributed by atoms with Crippen molar-refractivity contribution in [2.45, 2.75) is 42.4 Å². The van der Waals surface area contributed by atoms with Gasteiger partial charge in [0.25, 0.3) is 0 Å². The first kappa shape index (κ1) is 17.8. The first-order chi connectivity index (χ1) is 11.3. The molecule has 0 aliphatic carbocycles. The van der Waals surface area contributed by atoms with Crippen molar-refractivity contribution in [2.75, 3.05) is 26.2 Å². The van der Waals surface area contributed by atoms with E-state index in [1.54, 1.807) is 0 Å². The molecule has 1 aromatic rings. The van der Waals surface area contributed by atoms with E-state index in [4.69, 9.17) is 0 Å². The molecule has 3 rings (SSSR count). The molecule has 0 unspecified atom stereocenters. The Balaban J connectivity index is 1.83. The van der Waals surface area contributed by atoms with E-state index in [1.165, 1.54) is 32.9 Å². The lowest BCUT2D eigenvalue weighted by Gasteiger charge is -2.30. The lowest BCUT2D eigenvalue weighted by atomic mass is 10.0. The summed E-state index contributed by atoms with van der Waals surface area (Å²) >= 11 is 0. The normalized spacial score (nSPS) is 24.3. The van der Waals surface area contributed by atoms with Crippen LogP contribution in [0.1, 0.15) is 32.6 Å². The topological polar surface area (TPSA) is 74.8 Å². The van der Waals surface area contributed by atoms with Gasteiger partial charge in [0.2, 0.25) is 20.0 Å². The molecule has 0 N–H and O–H groups in total. The first-order valence-corrected chi connectivity index (χ1v) is 11.3. The molecule has 134 valence electrons. The van der Waals surface area contributed by atoms with Gasteiger partial charge in [-0.05, 0) is 55.9 Å². The fourth-order valence-electron chi connectivity index (χ4n) is 3.37. The van der Waals surface area contributed by atoms with Gasteiger partial charge in [-0.15, -0.1) is 0 Å². The molecule has 2 aliphatic heterocycles. The highest BCUT2D eigenvalue weighted by Crippen LogP contribution is 2.26. The smallest absolute Gasteiger partial charge is 0.207 e. The minimum absolute atomic E-state index is 0.162. The Morgan fingerprint density at radius 1 is 0.792 bits per heavy atom. The predicted octanol–water partition coefficient (Wildman–Crippen LogP) is 1.89. The molecule has 2 heterocycles. The molecule has 0 radical (unpaired) electrons. The van der Waals surface area contributed by atoms with Crippen LogP contribution >= 0.6 is 0 Å². The Kier molecular flexibility index (Phi) is 5.01. The molecule has 1 aromatic carbocycles. The summed E-state index contributed by atoms with van der Waals surface area (Å²) in [7, 11) is -7.06. The highest BCUT2D eigenvalue weighted by molar-refractivity contribution is 7.89. The van der Waals surface area contributed by atoms with Crippen LogP contribution < -0.4 is 0 Å². The Hall–Kier alpha value is -0.960. The lowest BCUT2D eigenvalue weighted by Crippen LogP contribution is -2.39. The van der Waals surface area contributed by atoms with Crippen molar-refractivity contribution in [2.24, 2.45) is 5.92 Å². The van der Waals surface area contributed by atoms with Crippen molar-refractivity contribution >= 4 is 20.0 Å². The Labute approximate surface area is 144 Å². The number of sulfonamides is 2. The second kappa shape index (κ2) is 6.74. The number of rotatable bonds is 4. The zero-order valence-corrected chi connectivity index (χ0v) is 15.5. The predicted molar refractivity (Wildman–Crippen MR) is 91.6 cm³/mol. The second-order valence-corrected chi connectivity index (χ2v) is 10.6. The van der Waals surface area contributed by atoms with E-state index in [9.17, 15) is 16.8 Å². The summed E-state index contributed by atoms with van der Waals surface area (Å²) in [4.78, 5) is 0.326. The summed E-state index contributed by atoms with van der Waals surface area (Å²) in [5.41, 5.74) is 0. The molecular weight excluding hydrogens is 348 g/mol. The van der Waals surface area contributed by atoms with E-state index in [2.05, 4.69) is 0 Å². The van der Waals surface area contributed by atoms with Crippen LogP contribution in [-0.2, 0) is 20.0 Å². The molecule has 6 nitrogen and oxygen atoms in total. The van der Waals surface area contributed by atoms with Crippen LogP contribution in [-0.4, -0.2) is 51.6 Å². The van der Waals surface area contributed by atoms with Gasteiger partial charge in [0, 0.05) is 26.2 Å². The summed E-state index contributed by atoms with van der Waals surface area (Å²) < 4.78 is 53.4. The molecule has 0 amide bonds. The second-order valence-electron chi connectivity index (χ2n) is 6.69. The number of piperidine rings is 1. The summed E-state index contributed by atoms with van der Waals surface area (Å²) in [6.07, 6.45) is 3.65. The van der Waals surface area contributed by atoms with Crippen LogP contribution in [0.4, 0.5) is 0 Å². The van der Waals surface area contributed by atoms with Crippen molar-refractivity contribution in [1.82, 2.24) is 8.61 Å². The van der Waals surface area contributed by atoms with Crippen molar-refractivity contribution in [1.29, 1.82) is 0 Å². The molecule has 2 fully saturated rings. The monoisotopic (exact) mass is 372 g/mol. The number of nitrogens with zero attached hydrogens (tertiary/aromatic N) is 2. The number of hydrogen-bond donors (Lipinski definition) is 0. The zero-order chi connectivity index (χ0) is 17.4. The van der Waals surface area contributed by atoms with Crippen LogP contribution in [0.3, 0.4) is 0 Å². The summed E-state index contributed by atoms with van der Waals surface area (Å²) in [6.45, 7) is 4.17. The molecule has 8 heteroatoms. The van der Waals surface area contributed by atoms with Crippen molar-refractivity contribution in [3.63, 3.8) is 0 Å². The largest absolute Gasteiger partial charge is 0.243 e. The summed E-state index contributed by atoms with van der Waals surface area (Å²) in [5, 5.41) is 0. The molecule has 0 spiro atoms. The van der Waals surface area contributed by atoms with Crippen LogP contribution in [0.5, 0.6) is 0 Å². The van der Waals surface area contributed by atoms with E-state index >= 15 is 0 Å². The lowest BCUT2D eigenvalue weighted by molar-refractivity contribution is 0.281. The van der Waals surface area contributed by atoms with Gasteiger partial charge >= 0.3 is 0 Å². The quantitative estimate of drug-likeness (QED) is 0.809. The molecule has 0 aromatic heterocycles. The van der Waals surface area contributed by atoms with E-state index in [1.807, 2.05) is 6.92 Å². The number of hydrogen-bond acceptors (Lipinski definition) is 4. The highest BCUT2D eigenvalue weighted by Gasteiger charge is 2.30. The fraction of sp³-hybridized carbons (Fsp3) is 0.625. The Morgan fingerprint density at radius 2 is 1.25 bits per heavy atom. The van der Waals surface area contributed by atoms with Gasteiger partial charge < -0.3 is 0 Å². The third-order valence-electron chi connectivity index (χ3n) is 4.78. The van der Waals surface area contributed by atoms with Gasteiger partial charge in [0.1, 0.15) is 0 Å². The van der Waals surface area contributed by atoms with E-state index < -0.39 is 20.0 Å². The Bertz CT molecular complexity index is 782. The van der Waals surface area contributed by atoms with Crippen molar-refractivity contribution < 1.29 is 16.8 Å². The van der Waals surface area contributed by atoms with Crippen LogP contribution in [0.25, 0.3) is 0 Å². The third-order valence-corrected chi connectivity index (χ3v) is 8.58. The van der Waals surface area contributed by atoms with Gasteiger partial charge in [-0.25, -0.2) is 16.8 Å². The van der Waals surface area contributed by atoms with E-state index in [0.29, 0.717) is 32.1 Å². The van der Waals surface area contributed by atoms with E-state index in [0.717, 1.165) is 25.7 Å². The molecule has 2 saturated heterocycles. The van der Waals surface area contributed by atoms with Gasteiger partial charge in [-0.3, -0.25) is 0 Å². The summed E-state index contributed by atoms with van der Waals surface area (Å²) in [6, 6.07) is 5.65. The molecule has 1 atom stereocenters. The van der Waals surface area contributed by atoms with Gasteiger partial charge in [-0.2, -0.15) is 8.61 Å². The maximum absolute atomic E-state index is 12.7. The molecule has 0 bridgehead atoms. The van der Waals surface area contributed by atoms with Crippen LogP contribution in [0, 0.1) is 5.92 Å². The average molecular weight is 373 g/mol. The first-order valence-electron chi connectivity index (χ1n) is 8.42. The maximum atomic E-state index is 12.7. The Morgan fingerprint density at radius 3 is 1.75 bits per heavy atom. The van der Waals surface area contributed by atoms with Crippen LogP contribution in [0.2, 0.25) is 0 Å². The average Bonchev–Trinajstić information content (AvgIpc) is 3.10.